The molecule has 19 heavy (non-hydrogen) atoms. The molecule has 98 valence electrons. The fourth-order valence-corrected chi connectivity index (χ4v) is 2.48. The highest BCUT2D eigenvalue weighted by Gasteiger charge is 2.15. The van der Waals surface area contributed by atoms with Crippen LogP contribution in [-0.2, 0) is 0 Å². The molecule has 2 rings (SSSR count). The van der Waals surface area contributed by atoms with Crippen molar-refractivity contribution in [1.82, 2.24) is 0 Å². The summed E-state index contributed by atoms with van der Waals surface area (Å²) in [5.41, 5.74) is 0.0364. The molecule has 0 spiro atoms. The van der Waals surface area contributed by atoms with Crippen LogP contribution in [-0.4, -0.2) is 10.8 Å². The quantitative estimate of drug-likeness (QED) is 0.680. The molecule has 1 heterocycles. The predicted molar refractivity (Wildman–Crippen MR) is 75.4 cm³/mol. The van der Waals surface area contributed by atoms with E-state index in [1.54, 1.807) is 12.1 Å². The number of carbonyl (C=O) groups is 1. The van der Waals surface area contributed by atoms with Gasteiger partial charge in [0.1, 0.15) is 5.02 Å². The number of rotatable bonds is 3. The van der Waals surface area contributed by atoms with Crippen LogP contribution >= 0.6 is 34.5 Å². The van der Waals surface area contributed by atoms with Gasteiger partial charge in [-0.05, 0) is 24.3 Å². The molecule has 5 nitrogen and oxygen atoms in total. The van der Waals surface area contributed by atoms with E-state index in [0.717, 1.165) is 11.3 Å². The Morgan fingerprint density at radius 2 is 2.00 bits per heavy atom. The number of hydrogen-bond donors (Lipinski definition) is 1. The molecule has 1 aromatic carbocycles. The summed E-state index contributed by atoms with van der Waals surface area (Å²) in [5.74, 6) is -0.381. The van der Waals surface area contributed by atoms with Crippen molar-refractivity contribution in [1.29, 1.82) is 0 Å². The van der Waals surface area contributed by atoms with Gasteiger partial charge in [-0.2, -0.15) is 0 Å². The lowest BCUT2D eigenvalue weighted by molar-refractivity contribution is -0.384. The Hall–Kier alpha value is -1.63. The third kappa shape index (κ3) is 3.23. The van der Waals surface area contributed by atoms with Crippen LogP contribution in [0.1, 0.15) is 9.67 Å². The molecule has 1 aromatic heterocycles. The van der Waals surface area contributed by atoms with Crippen molar-refractivity contribution in [2.75, 3.05) is 5.32 Å². The van der Waals surface area contributed by atoms with E-state index < -0.39 is 4.92 Å². The van der Waals surface area contributed by atoms with Gasteiger partial charge in [0, 0.05) is 11.8 Å². The second-order valence-corrected chi connectivity index (χ2v) is 5.60. The first kappa shape index (κ1) is 13.8. The number of nitro benzene ring substituents is 1. The molecule has 0 atom stereocenters. The van der Waals surface area contributed by atoms with E-state index >= 15 is 0 Å². The van der Waals surface area contributed by atoms with Gasteiger partial charge in [-0.15, -0.1) is 11.3 Å². The Morgan fingerprint density at radius 1 is 1.26 bits per heavy atom. The van der Waals surface area contributed by atoms with E-state index in [4.69, 9.17) is 23.2 Å². The lowest BCUT2D eigenvalue weighted by Gasteiger charge is -2.04. The van der Waals surface area contributed by atoms with E-state index in [1.807, 2.05) is 0 Å². The number of benzene rings is 1. The molecule has 8 heteroatoms. The van der Waals surface area contributed by atoms with Crippen molar-refractivity contribution in [2.45, 2.75) is 0 Å². The summed E-state index contributed by atoms with van der Waals surface area (Å²) < 4.78 is 0.493. The molecule has 0 saturated heterocycles. The third-order valence-electron chi connectivity index (χ3n) is 2.20. The van der Waals surface area contributed by atoms with Gasteiger partial charge in [0.25, 0.3) is 11.6 Å². The average molecular weight is 317 g/mol. The standard InChI is InChI=1S/C11H6Cl2N2O3S/c12-7-2-1-6(5-8(7)15(17)18)14-11(16)9-3-4-10(13)19-9/h1-5H,(H,14,16). The SMILES string of the molecule is O=C(Nc1ccc(Cl)c([N+](=O)[O-])c1)c1ccc(Cl)s1. The van der Waals surface area contributed by atoms with Crippen molar-refractivity contribution >= 4 is 51.8 Å². The topological polar surface area (TPSA) is 72.2 Å². The molecule has 0 aliphatic heterocycles. The lowest BCUT2D eigenvalue weighted by Crippen LogP contribution is -2.10. The molecule has 0 aliphatic carbocycles. The fourth-order valence-electron chi connectivity index (χ4n) is 1.36. The van der Waals surface area contributed by atoms with Gasteiger partial charge in [0.05, 0.1) is 14.1 Å². The number of anilines is 1. The van der Waals surface area contributed by atoms with E-state index in [1.165, 1.54) is 18.2 Å². The fraction of sp³-hybridized carbons (Fsp3) is 0. The summed E-state index contributed by atoms with van der Waals surface area (Å²) in [6.45, 7) is 0. The highest BCUT2D eigenvalue weighted by Crippen LogP contribution is 2.28. The lowest BCUT2D eigenvalue weighted by atomic mass is 10.2. The zero-order valence-corrected chi connectivity index (χ0v) is 11.6. The largest absolute Gasteiger partial charge is 0.321 e. The highest BCUT2D eigenvalue weighted by atomic mass is 35.5. The Bertz CT molecular complexity index is 657. The van der Waals surface area contributed by atoms with Crippen LogP contribution in [0.3, 0.4) is 0 Å². The van der Waals surface area contributed by atoms with Gasteiger partial charge in [0.15, 0.2) is 0 Å². The van der Waals surface area contributed by atoms with Crippen LogP contribution in [0.4, 0.5) is 11.4 Å². The maximum absolute atomic E-state index is 11.8. The Labute approximate surface area is 121 Å². The molecule has 0 unspecified atom stereocenters. The molecule has 0 fully saturated rings. The third-order valence-corrected chi connectivity index (χ3v) is 3.75. The number of thiophene rings is 1. The minimum absolute atomic E-state index is 0.0159. The summed E-state index contributed by atoms with van der Waals surface area (Å²) in [6, 6.07) is 7.23. The summed E-state index contributed by atoms with van der Waals surface area (Å²) in [5, 5.41) is 13.3. The summed E-state index contributed by atoms with van der Waals surface area (Å²) in [7, 11) is 0. The zero-order chi connectivity index (χ0) is 14.0. The van der Waals surface area contributed by atoms with E-state index in [0.29, 0.717) is 14.9 Å². The monoisotopic (exact) mass is 316 g/mol. The van der Waals surface area contributed by atoms with Gasteiger partial charge in [0.2, 0.25) is 0 Å². The van der Waals surface area contributed by atoms with Crippen molar-refractivity contribution in [3.8, 4) is 0 Å². The maximum atomic E-state index is 11.8. The van der Waals surface area contributed by atoms with Crippen LogP contribution in [0.5, 0.6) is 0 Å². The number of amides is 1. The zero-order valence-electron chi connectivity index (χ0n) is 9.22. The minimum atomic E-state index is -0.611. The molecule has 0 aliphatic rings. The summed E-state index contributed by atoms with van der Waals surface area (Å²) in [6.07, 6.45) is 0. The molecule has 2 aromatic rings. The number of carbonyl (C=O) groups excluding carboxylic acids is 1. The number of nitrogens with one attached hydrogen (secondary N) is 1. The molecule has 1 amide bonds. The second-order valence-electron chi connectivity index (χ2n) is 3.48. The molecule has 1 N–H and O–H groups in total. The van der Waals surface area contributed by atoms with Crippen molar-refractivity contribution < 1.29 is 9.72 Å². The molecule has 0 bridgehead atoms. The summed E-state index contributed by atoms with van der Waals surface area (Å²) >= 11 is 12.5. The van der Waals surface area contributed by atoms with Crippen molar-refractivity contribution in [3.05, 3.63) is 54.7 Å². The molecule has 0 saturated carbocycles. The van der Waals surface area contributed by atoms with Crippen molar-refractivity contribution in [2.24, 2.45) is 0 Å². The Kier molecular flexibility index (Phi) is 4.04. The Morgan fingerprint density at radius 3 is 2.58 bits per heavy atom. The number of hydrogen-bond acceptors (Lipinski definition) is 4. The second kappa shape index (κ2) is 5.56. The van der Waals surface area contributed by atoms with E-state index in [9.17, 15) is 14.9 Å². The van der Waals surface area contributed by atoms with E-state index in [2.05, 4.69) is 5.32 Å². The smallest absolute Gasteiger partial charge is 0.289 e. The Balaban J connectivity index is 2.22. The van der Waals surface area contributed by atoms with E-state index in [-0.39, 0.29) is 16.6 Å². The van der Waals surface area contributed by atoms with Gasteiger partial charge in [-0.3, -0.25) is 14.9 Å². The van der Waals surface area contributed by atoms with Crippen LogP contribution in [0.25, 0.3) is 0 Å². The van der Waals surface area contributed by atoms with Crippen LogP contribution in [0.15, 0.2) is 30.3 Å². The van der Waals surface area contributed by atoms with Gasteiger partial charge in [-0.1, -0.05) is 23.2 Å². The van der Waals surface area contributed by atoms with Gasteiger partial charge < -0.3 is 5.32 Å². The first-order valence-electron chi connectivity index (χ1n) is 4.98. The molecular weight excluding hydrogens is 311 g/mol. The van der Waals surface area contributed by atoms with Crippen LogP contribution < -0.4 is 5.32 Å². The highest BCUT2D eigenvalue weighted by molar-refractivity contribution is 7.18. The first-order chi connectivity index (χ1) is 8.97. The van der Waals surface area contributed by atoms with Gasteiger partial charge >= 0.3 is 0 Å². The normalized spacial score (nSPS) is 10.2. The van der Waals surface area contributed by atoms with Gasteiger partial charge in [-0.25, -0.2) is 0 Å². The average Bonchev–Trinajstić information content (AvgIpc) is 2.78. The minimum Gasteiger partial charge on any atom is -0.321 e. The van der Waals surface area contributed by atoms with Crippen molar-refractivity contribution in [3.63, 3.8) is 0 Å². The maximum Gasteiger partial charge on any atom is 0.289 e. The molecular formula is C11H6Cl2N2O3S. The summed E-state index contributed by atoms with van der Waals surface area (Å²) in [4.78, 5) is 22.4. The molecule has 0 radical (unpaired) electrons. The number of halogens is 2. The number of nitrogens with zero attached hydrogens (tertiary/aromatic N) is 1. The predicted octanol–water partition coefficient (Wildman–Crippen LogP) is 4.22. The number of nitro groups is 1. The van der Waals surface area contributed by atoms with Crippen LogP contribution in [0, 0.1) is 10.1 Å². The first-order valence-corrected chi connectivity index (χ1v) is 6.55. The van der Waals surface area contributed by atoms with Crippen LogP contribution in [0.2, 0.25) is 9.36 Å².